The Morgan fingerprint density at radius 3 is 2.25 bits per heavy atom. The van der Waals surface area contributed by atoms with Crippen molar-refractivity contribution in [2.45, 2.75) is 12.3 Å². The predicted octanol–water partition coefficient (Wildman–Crippen LogP) is 1.40. The normalized spacial score (nSPS) is 10.8. The Morgan fingerprint density at radius 2 is 2.12 bits per heavy atom. The molecule has 0 saturated heterocycles. The van der Waals surface area contributed by atoms with E-state index in [9.17, 15) is 13.6 Å². The molecule has 0 rings (SSSR count). The van der Waals surface area contributed by atoms with E-state index in [0.29, 0.717) is 0 Å². The molecule has 0 aliphatic heterocycles. The maximum absolute atomic E-state index is 11.7. The summed E-state index contributed by atoms with van der Waals surface area (Å²) in [7, 11) is 0. The molecule has 0 heterocycles. The molecule has 1 nitrogen and oxygen atoms in total. The summed E-state index contributed by atoms with van der Waals surface area (Å²) in [6.07, 6.45) is 0.0551. The SMILES string of the molecule is C=CCC(F)(F)C=O. The van der Waals surface area contributed by atoms with Crippen LogP contribution < -0.4 is 0 Å². The molecule has 0 aromatic heterocycles. The first-order valence-electron chi connectivity index (χ1n) is 2.07. The Kier molecular flexibility index (Phi) is 2.31. The molecule has 0 aliphatic carbocycles. The van der Waals surface area contributed by atoms with E-state index in [4.69, 9.17) is 0 Å². The quantitative estimate of drug-likeness (QED) is 0.406. The van der Waals surface area contributed by atoms with Crippen molar-refractivity contribution in [1.82, 2.24) is 0 Å². The van der Waals surface area contributed by atoms with Gasteiger partial charge in [-0.15, -0.1) is 6.58 Å². The van der Waals surface area contributed by atoms with Crippen LogP contribution in [-0.2, 0) is 4.79 Å². The van der Waals surface area contributed by atoms with Crippen LogP contribution in [0.2, 0.25) is 0 Å². The topological polar surface area (TPSA) is 17.1 Å². The van der Waals surface area contributed by atoms with Crippen LogP contribution in [0.5, 0.6) is 0 Å². The number of halogens is 2. The molecule has 0 aromatic carbocycles. The van der Waals surface area contributed by atoms with Crippen molar-refractivity contribution in [3.63, 3.8) is 0 Å². The van der Waals surface area contributed by atoms with E-state index in [1.807, 2.05) is 0 Å². The third kappa shape index (κ3) is 2.44. The van der Waals surface area contributed by atoms with Gasteiger partial charge in [0, 0.05) is 6.42 Å². The van der Waals surface area contributed by atoms with Gasteiger partial charge in [-0.2, -0.15) is 8.78 Å². The Morgan fingerprint density at radius 1 is 1.62 bits per heavy atom. The van der Waals surface area contributed by atoms with Gasteiger partial charge in [-0.05, 0) is 0 Å². The predicted molar refractivity (Wildman–Crippen MR) is 25.8 cm³/mol. The minimum absolute atomic E-state index is 0.380. The summed E-state index contributed by atoms with van der Waals surface area (Å²) in [6.45, 7) is 3.05. The second-order valence-electron chi connectivity index (χ2n) is 1.37. The summed E-state index contributed by atoms with van der Waals surface area (Å²) in [6, 6.07) is 0. The second-order valence-corrected chi connectivity index (χ2v) is 1.37. The zero-order valence-electron chi connectivity index (χ0n) is 4.23. The Labute approximate surface area is 46.0 Å². The minimum atomic E-state index is -3.21. The van der Waals surface area contributed by atoms with Crippen molar-refractivity contribution >= 4 is 6.29 Å². The summed E-state index contributed by atoms with van der Waals surface area (Å²) >= 11 is 0. The van der Waals surface area contributed by atoms with Crippen LogP contribution in [-0.4, -0.2) is 12.2 Å². The van der Waals surface area contributed by atoms with Gasteiger partial charge >= 0.3 is 5.92 Å². The van der Waals surface area contributed by atoms with Crippen molar-refractivity contribution in [3.8, 4) is 0 Å². The fraction of sp³-hybridized carbons (Fsp3) is 0.400. The van der Waals surface area contributed by atoms with Crippen molar-refractivity contribution in [2.24, 2.45) is 0 Å². The van der Waals surface area contributed by atoms with E-state index < -0.39 is 12.3 Å². The smallest absolute Gasteiger partial charge is 0.297 e. The lowest BCUT2D eigenvalue weighted by Crippen LogP contribution is -2.15. The number of hydrogen-bond acceptors (Lipinski definition) is 1. The highest BCUT2D eigenvalue weighted by Crippen LogP contribution is 2.13. The molecule has 0 radical (unpaired) electrons. The molecule has 0 spiro atoms. The molecule has 0 amide bonds. The van der Waals surface area contributed by atoms with E-state index in [1.54, 1.807) is 0 Å². The lowest BCUT2D eigenvalue weighted by Gasteiger charge is -2.01. The highest BCUT2D eigenvalue weighted by atomic mass is 19.3. The minimum Gasteiger partial charge on any atom is -0.297 e. The van der Waals surface area contributed by atoms with Crippen molar-refractivity contribution < 1.29 is 13.6 Å². The molecule has 0 unspecified atom stereocenters. The third-order valence-corrected chi connectivity index (χ3v) is 0.589. The van der Waals surface area contributed by atoms with Gasteiger partial charge in [0.25, 0.3) is 0 Å². The summed E-state index contributed by atoms with van der Waals surface area (Å²) in [5.74, 6) is -3.21. The van der Waals surface area contributed by atoms with Gasteiger partial charge in [0.1, 0.15) is 0 Å². The van der Waals surface area contributed by atoms with E-state index in [1.165, 1.54) is 0 Å². The first kappa shape index (κ1) is 7.27. The second kappa shape index (κ2) is 2.55. The van der Waals surface area contributed by atoms with Crippen molar-refractivity contribution in [3.05, 3.63) is 12.7 Å². The summed E-state index contributed by atoms with van der Waals surface area (Å²) in [4.78, 5) is 9.42. The molecule has 0 bridgehead atoms. The van der Waals surface area contributed by atoms with Crippen LogP contribution in [0.25, 0.3) is 0 Å². The van der Waals surface area contributed by atoms with Crippen LogP contribution in [0.3, 0.4) is 0 Å². The van der Waals surface area contributed by atoms with Crippen LogP contribution in [0.15, 0.2) is 12.7 Å². The van der Waals surface area contributed by atoms with Crippen LogP contribution in [0.1, 0.15) is 6.42 Å². The van der Waals surface area contributed by atoms with Gasteiger partial charge in [-0.25, -0.2) is 0 Å². The molecule has 8 heavy (non-hydrogen) atoms. The number of carbonyl (C=O) groups excluding carboxylic acids is 1. The van der Waals surface area contributed by atoms with E-state index in [2.05, 4.69) is 6.58 Å². The van der Waals surface area contributed by atoms with E-state index in [-0.39, 0.29) is 6.29 Å². The van der Waals surface area contributed by atoms with Gasteiger partial charge in [0.15, 0.2) is 6.29 Å². The first-order chi connectivity index (χ1) is 3.62. The van der Waals surface area contributed by atoms with Crippen LogP contribution >= 0.6 is 0 Å². The monoisotopic (exact) mass is 120 g/mol. The molecule has 0 aliphatic rings. The number of hydrogen-bond donors (Lipinski definition) is 0. The van der Waals surface area contributed by atoms with Crippen LogP contribution in [0.4, 0.5) is 8.78 Å². The molecule has 0 saturated carbocycles. The van der Waals surface area contributed by atoms with Gasteiger partial charge in [0.05, 0.1) is 0 Å². The summed E-state index contributed by atoms with van der Waals surface area (Å²) < 4.78 is 23.4. The Balaban J connectivity index is 3.70. The van der Waals surface area contributed by atoms with E-state index >= 15 is 0 Å². The first-order valence-corrected chi connectivity index (χ1v) is 2.07. The maximum Gasteiger partial charge on any atom is 0.305 e. The number of alkyl halides is 2. The van der Waals surface area contributed by atoms with Crippen molar-refractivity contribution in [2.75, 3.05) is 0 Å². The fourth-order valence-corrected chi connectivity index (χ4v) is 0.241. The zero-order chi connectivity index (χ0) is 6.62. The third-order valence-electron chi connectivity index (χ3n) is 0.589. The highest BCUT2D eigenvalue weighted by Gasteiger charge is 2.24. The van der Waals surface area contributed by atoms with Gasteiger partial charge in [0.2, 0.25) is 0 Å². The lowest BCUT2D eigenvalue weighted by molar-refractivity contribution is -0.128. The number of aldehydes is 1. The van der Waals surface area contributed by atoms with Gasteiger partial charge in [-0.1, -0.05) is 6.08 Å². The number of rotatable bonds is 3. The van der Waals surface area contributed by atoms with Crippen LogP contribution in [0, 0.1) is 0 Å². The number of allylic oxidation sites excluding steroid dienone is 1. The average Bonchev–Trinajstić information content (AvgIpc) is 1.67. The number of carbonyl (C=O) groups is 1. The average molecular weight is 120 g/mol. The van der Waals surface area contributed by atoms with Crippen molar-refractivity contribution in [1.29, 1.82) is 0 Å². The molecule has 46 valence electrons. The molecule has 0 aromatic rings. The Bertz CT molecular complexity index is 98.6. The zero-order valence-corrected chi connectivity index (χ0v) is 4.23. The Hall–Kier alpha value is -0.730. The summed E-state index contributed by atoms with van der Waals surface area (Å²) in [5, 5.41) is 0. The molecular formula is C5H6F2O. The summed E-state index contributed by atoms with van der Waals surface area (Å²) in [5.41, 5.74) is 0. The molecule has 3 heteroatoms. The standard InChI is InChI=1S/C5H6F2O/c1-2-3-5(6,7)4-8/h2,4H,1,3H2. The molecular weight excluding hydrogens is 114 g/mol. The molecule has 0 fully saturated rings. The lowest BCUT2D eigenvalue weighted by atomic mass is 10.3. The fourth-order valence-electron chi connectivity index (χ4n) is 0.241. The van der Waals surface area contributed by atoms with Gasteiger partial charge < -0.3 is 0 Å². The molecule has 0 atom stereocenters. The van der Waals surface area contributed by atoms with E-state index in [0.717, 1.165) is 6.08 Å². The maximum atomic E-state index is 11.7. The largest absolute Gasteiger partial charge is 0.305 e. The highest BCUT2D eigenvalue weighted by molar-refractivity contribution is 5.59. The van der Waals surface area contributed by atoms with Gasteiger partial charge in [-0.3, -0.25) is 4.79 Å². The molecule has 0 N–H and O–H groups in total.